The van der Waals surface area contributed by atoms with Crippen LogP contribution in [-0.4, -0.2) is 35.0 Å². The molecule has 35 heavy (non-hydrogen) atoms. The highest BCUT2D eigenvalue weighted by atomic mass is 19.1. The molecule has 0 bridgehead atoms. The van der Waals surface area contributed by atoms with E-state index in [0.29, 0.717) is 18.8 Å². The molecule has 190 valence electrons. The molecule has 1 aromatic carbocycles. The Morgan fingerprint density at radius 2 is 1.77 bits per heavy atom. The first kappa shape index (κ1) is 26.4. The van der Waals surface area contributed by atoms with Gasteiger partial charge in [0.1, 0.15) is 17.9 Å². The fraction of sp³-hybridized carbons (Fsp3) is 0.538. The second-order valence-corrected chi connectivity index (χ2v) is 9.36. The van der Waals surface area contributed by atoms with Crippen molar-refractivity contribution in [3.63, 3.8) is 0 Å². The predicted molar refractivity (Wildman–Crippen MR) is 129 cm³/mol. The number of hydrogen-bond donors (Lipinski definition) is 3. The third-order valence-corrected chi connectivity index (χ3v) is 6.75. The zero-order valence-corrected chi connectivity index (χ0v) is 20.4. The van der Waals surface area contributed by atoms with Gasteiger partial charge in [0, 0.05) is 12.6 Å². The summed E-state index contributed by atoms with van der Waals surface area (Å²) in [5, 5.41) is 12.1. The zero-order chi connectivity index (χ0) is 25.2. The Morgan fingerprint density at radius 1 is 1.06 bits per heavy atom. The molecule has 8 nitrogen and oxygen atoms in total. The Labute approximate surface area is 205 Å². The number of nitrogens with zero attached hydrogens (tertiary/aromatic N) is 1. The molecule has 1 saturated carbocycles. The smallest absolute Gasteiger partial charge is 0.290 e. The predicted octanol–water partition coefficient (Wildman–Crippen LogP) is 3.73. The summed E-state index contributed by atoms with van der Waals surface area (Å²) in [6.45, 7) is 4.06. The van der Waals surface area contributed by atoms with Gasteiger partial charge in [-0.25, -0.2) is 4.39 Å². The standard InChI is InChI=1S/C26H35FN4O4/c1-3-17(2)23(26(34)28-16-19-9-11-20(27)12-10-19)31-24(32)21(15-18-7-5-4-6-8-18)30-25(33)22-13-14-29-35-22/h9-14,17-18,21,23H,3-8,15-16H2,1-2H3,(H,28,34)(H,30,33)(H,31,32)/t17-,21-,23-/m0/s1. The van der Waals surface area contributed by atoms with Crippen molar-refractivity contribution in [2.45, 2.75) is 77.4 Å². The van der Waals surface area contributed by atoms with Gasteiger partial charge in [-0.2, -0.15) is 0 Å². The fourth-order valence-electron chi connectivity index (χ4n) is 4.41. The van der Waals surface area contributed by atoms with E-state index >= 15 is 0 Å². The van der Waals surface area contributed by atoms with Crippen molar-refractivity contribution in [2.24, 2.45) is 11.8 Å². The van der Waals surface area contributed by atoms with Crippen molar-refractivity contribution in [1.29, 1.82) is 0 Å². The molecule has 0 unspecified atom stereocenters. The number of aromatic nitrogens is 1. The van der Waals surface area contributed by atoms with Crippen LogP contribution in [0.25, 0.3) is 0 Å². The molecule has 0 spiro atoms. The molecule has 3 atom stereocenters. The van der Waals surface area contributed by atoms with E-state index in [9.17, 15) is 18.8 Å². The molecule has 3 amide bonds. The van der Waals surface area contributed by atoms with Crippen LogP contribution < -0.4 is 16.0 Å². The van der Waals surface area contributed by atoms with E-state index in [1.165, 1.54) is 30.8 Å². The molecule has 1 heterocycles. The monoisotopic (exact) mass is 486 g/mol. The van der Waals surface area contributed by atoms with Gasteiger partial charge in [0.2, 0.25) is 17.6 Å². The summed E-state index contributed by atoms with van der Waals surface area (Å²) in [5.41, 5.74) is 0.753. The highest BCUT2D eigenvalue weighted by Crippen LogP contribution is 2.27. The molecule has 0 saturated heterocycles. The Morgan fingerprint density at radius 3 is 2.40 bits per heavy atom. The second kappa shape index (κ2) is 13.0. The Hall–Kier alpha value is -3.23. The van der Waals surface area contributed by atoms with Crippen molar-refractivity contribution in [3.05, 3.63) is 53.7 Å². The Bertz CT molecular complexity index is 958. The van der Waals surface area contributed by atoms with Crippen LogP contribution in [0.3, 0.4) is 0 Å². The number of halogens is 1. The minimum Gasteiger partial charge on any atom is -0.351 e. The van der Waals surface area contributed by atoms with E-state index in [0.717, 1.165) is 31.2 Å². The first-order valence-corrected chi connectivity index (χ1v) is 12.4. The first-order chi connectivity index (χ1) is 16.9. The van der Waals surface area contributed by atoms with E-state index in [-0.39, 0.29) is 29.9 Å². The molecule has 1 fully saturated rings. The highest BCUT2D eigenvalue weighted by Gasteiger charge is 2.32. The normalized spacial score (nSPS) is 16.7. The van der Waals surface area contributed by atoms with Gasteiger partial charge in [0.05, 0.1) is 6.20 Å². The van der Waals surface area contributed by atoms with E-state index in [4.69, 9.17) is 4.52 Å². The van der Waals surface area contributed by atoms with Crippen LogP contribution in [0.15, 0.2) is 41.1 Å². The number of carbonyl (C=O) groups is 3. The number of benzene rings is 1. The molecule has 3 rings (SSSR count). The topological polar surface area (TPSA) is 113 Å². The summed E-state index contributed by atoms with van der Waals surface area (Å²) in [6, 6.07) is 5.74. The number of nitrogens with one attached hydrogen (secondary N) is 3. The van der Waals surface area contributed by atoms with Gasteiger partial charge in [0.25, 0.3) is 5.91 Å². The molecule has 1 aliphatic carbocycles. The van der Waals surface area contributed by atoms with Crippen LogP contribution in [0.2, 0.25) is 0 Å². The van der Waals surface area contributed by atoms with Crippen LogP contribution in [0.4, 0.5) is 4.39 Å². The number of amides is 3. The average molecular weight is 487 g/mol. The maximum atomic E-state index is 13.4. The van der Waals surface area contributed by atoms with E-state index in [2.05, 4.69) is 21.1 Å². The lowest BCUT2D eigenvalue weighted by Gasteiger charge is -2.29. The summed E-state index contributed by atoms with van der Waals surface area (Å²) in [6.07, 6.45) is 7.96. The molecule has 1 aromatic heterocycles. The van der Waals surface area contributed by atoms with Crippen LogP contribution in [0, 0.1) is 17.7 Å². The lowest BCUT2D eigenvalue weighted by Crippen LogP contribution is -2.56. The molecule has 0 aliphatic heterocycles. The van der Waals surface area contributed by atoms with Crippen LogP contribution in [0.5, 0.6) is 0 Å². The minimum absolute atomic E-state index is 0.0296. The summed E-state index contributed by atoms with van der Waals surface area (Å²) < 4.78 is 18.1. The fourth-order valence-corrected chi connectivity index (χ4v) is 4.41. The average Bonchev–Trinajstić information content (AvgIpc) is 3.41. The second-order valence-electron chi connectivity index (χ2n) is 9.36. The van der Waals surface area contributed by atoms with Crippen molar-refractivity contribution in [1.82, 2.24) is 21.1 Å². The number of hydrogen-bond acceptors (Lipinski definition) is 5. The maximum Gasteiger partial charge on any atom is 0.290 e. The van der Waals surface area contributed by atoms with E-state index in [1.54, 1.807) is 12.1 Å². The molecule has 0 radical (unpaired) electrons. The largest absolute Gasteiger partial charge is 0.351 e. The molecule has 2 aromatic rings. The number of carbonyl (C=O) groups excluding carboxylic acids is 3. The third-order valence-electron chi connectivity index (χ3n) is 6.75. The highest BCUT2D eigenvalue weighted by molar-refractivity contribution is 5.96. The molecular formula is C26H35FN4O4. The molecule has 1 aliphatic rings. The minimum atomic E-state index is -0.799. The molecule has 9 heteroatoms. The van der Waals surface area contributed by atoms with Crippen LogP contribution in [0.1, 0.15) is 74.9 Å². The SMILES string of the molecule is CC[C@H](C)[C@H](NC(=O)[C@H](CC1CCCCC1)NC(=O)c1ccno1)C(=O)NCc1ccc(F)cc1. The lowest BCUT2D eigenvalue weighted by atomic mass is 9.84. The summed E-state index contributed by atoms with van der Waals surface area (Å²) >= 11 is 0. The van der Waals surface area contributed by atoms with Gasteiger partial charge in [-0.05, 0) is 36.0 Å². The van der Waals surface area contributed by atoms with E-state index in [1.807, 2.05) is 13.8 Å². The van der Waals surface area contributed by atoms with Gasteiger partial charge >= 0.3 is 0 Å². The first-order valence-electron chi connectivity index (χ1n) is 12.4. The quantitative estimate of drug-likeness (QED) is 0.448. The van der Waals surface area contributed by atoms with Crippen molar-refractivity contribution in [2.75, 3.05) is 0 Å². The van der Waals surface area contributed by atoms with Gasteiger partial charge in [-0.3, -0.25) is 14.4 Å². The van der Waals surface area contributed by atoms with Gasteiger partial charge in [-0.15, -0.1) is 0 Å². The maximum absolute atomic E-state index is 13.4. The van der Waals surface area contributed by atoms with Crippen molar-refractivity contribution >= 4 is 17.7 Å². The van der Waals surface area contributed by atoms with Gasteiger partial charge in [0.15, 0.2) is 0 Å². The van der Waals surface area contributed by atoms with Crippen LogP contribution >= 0.6 is 0 Å². The zero-order valence-electron chi connectivity index (χ0n) is 20.4. The van der Waals surface area contributed by atoms with Gasteiger partial charge < -0.3 is 20.5 Å². The summed E-state index contributed by atoms with van der Waals surface area (Å²) in [5.74, 6) is -1.36. The molecular weight excluding hydrogens is 451 g/mol. The lowest BCUT2D eigenvalue weighted by molar-refractivity contribution is -0.131. The Balaban J connectivity index is 1.68. The van der Waals surface area contributed by atoms with Crippen LogP contribution in [-0.2, 0) is 16.1 Å². The summed E-state index contributed by atoms with van der Waals surface area (Å²) in [4.78, 5) is 39.0. The summed E-state index contributed by atoms with van der Waals surface area (Å²) in [7, 11) is 0. The van der Waals surface area contributed by atoms with Crippen molar-refractivity contribution < 1.29 is 23.3 Å². The third kappa shape index (κ3) is 7.90. The Kier molecular flexibility index (Phi) is 9.81. The number of rotatable bonds is 11. The molecule has 3 N–H and O–H groups in total. The van der Waals surface area contributed by atoms with E-state index < -0.39 is 23.9 Å². The van der Waals surface area contributed by atoms with Crippen molar-refractivity contribution in [3.8, 4) is 0 Å². The van der Waals surface area contributed by atoms with Gasteiger partial charge in [-0.1, -0.05) is 69.7 Å².